The third-order valence-electron chi connectivity index (χ3n) is 0. The second kappa shape index (κ2) is 9.00. The van der Waals surface area contributed by atoms with Crippen LogP contribution in [0.15, 0.2) is 0 Å². The van der Waals surface area contributed by atoms with E-state index in [4.69, 9.17) is 15.0 Å². The summed E-state index contributed by atoms with van der Waals surface area (Å²) in [6, 6.07) is 0. The molecule has 0 rings (SSSR count). The Kier molecular flexibility index (Phi) is 24.4. The van der Waals surface area contributed by atoms with E-state index in [1.54, 1.807) is 0 Å². The third-order valence-corrected chi connectivity index (χ3v) is 0. The van der Waals surface area contributed by atoms with Crippen molar-refractivity contribution in [3.05, 3.63) is 0 Å². The van der Waals surface area contributed by atoms with Gasteiger partial charge in [0.2, 0.25) is 0 Å². The summed E-state index contributed by atoms with van der Waals surface area (Å²) in [5.74, 6) is 0. The molecular formula is CH2Fe2O3. The second-order valence-corrected chi connectivity index (χ2v) is 0.283. The van der Waals surface area contributed by atoms with Gasteiger partial charge < -0.3 is 10.2 Å². The van der Waals surface area contributed by atoms with Crippen molar-refractivity contribution < 1.29 is 49.1 Å². The van der Waals surface area contributed by atoms with E-state index in [0.717, 1.165) is 0 Å². The molecular weight excluding hydrogens is 172 g/mol. The van der Waals surface area contributed by atoms with Crippen LogP contribution in [0, 0.1) is 0 Å². The summed E-state index contributed by atoms with van der Waals surface area (Å²) in [7, 11) is 0. The minimum absolute atomic E-state index is 0. The maximum atomic E-state index is 8.56. The minimum atomic E-state index is -1.83. The number of rotatable bonds is 0. The van der Waals surface area contributed by atoms with Crippen molar-refractivity contribution in [2.45, 2.75) is 0 Å². The first-order valence-electron chi connectivity index (χ1n) is 0.651. The first-order chi connectivity index (χ1) is 1.73. The molecule has 0 radical (unpaired) electrons. The van der Waals surface area contributed by atoms with E-state index in [-0.39, 0.29) is 34.1 Å². The maximum Gasteiger partial charge on any atom is 0.503 e. The van der Waals surface area contributed by atoms with Crippen LogP contribution in [0.5, 0.6) is 0 Å². The quantitative estimate of drug-likeness (QED) is 0.516. The predicted molar refractivity (Wildman–Crippen MR) is 10.7 cm³/mol. The van der Waals surface area contributed by atoms with Gasteiger partial charge in [0.05, 0.1) is 0 Å². The fourth-order valence-electron chi connectivity index (χ4n) is 0. The van der Waals surface area contributed by atoms with Crippen LogP contribution in [0.1, 0.15) is 0 Å². The Labute approximate surface area is 55.7 Å². The molecule has 0 aliphatic rings. The second-order valence-electron chi connectivity index (χ2n) is 0.283. The molecule has 0 aromatic carbocycles. The minimum Gasteiger partial charge on any atom is -0.450 e. The van der Waals surface area contributed by atoms with Gasteiger partial charge >= 0.3 is 6.16 Å². The van der Waals surface area contributed by atoms with Gasteiger partial charge in [-0.05, 0) is 0 Å². The molecule has 0 aliphatic heterocycles. The third kappa shape index (κ3) is 494. The average molecular weight is 174 g/mol. The molecule has 0 fully saturated rings. The molecule has 0 atom stereocenters. The van der Waals surface area contributed by atoms with E-state index in [9.17, 15) is 0 Å². The topological polar surface area (TPSA) is 57.5 Å². The molecule has 40 valence electrons. The summed E-state index contributed by atoms with van der Waals surface area (Å²) >= 11 is 0. The smallest absolute Gasteiger partial charge is 0.450 e. The monoisotopic (exact) mass is 174 g/mol. The van der Waals surface area contributed by atoms with Crippen molar-refractivity contribution in [3.8, 4) is 0 Å². The Balaban J connectivity index is -0.0000000450. The van der Waals surface area contributed by atoms with E-state index in [1.165, 1.54) is 0 Å². The Morgan fingerprint density at radius 2 is 1.17 bits per heavy atom. The van der Waals surface area contributed by atoms with E-state index in [2.05, 4.69) is 0 Å². The fraction of sp³-hybridized carbons (Fsp3) is 0. The molecule has 0 unspecified atom stereocenters. The van der Waals surface area contributed by atoms with E-state index < -0.39 is 6.16 Å². The Morgan fingerprint density at radius 3 is 1.17 bits per heavy atom. The van der Waals surface area contributed by atoms with Crippen molar-refractivity contribution in [2.24, 2.45) is 0 Å². The molecule has 0 aliphatic carbocycles. The van der Waals surface area contributed by atoms with Crippen molar-refractivity contribution in [1.82, 2.24) is 0 Å². The van der Waals surface area contributed by atoms with Crippen LogP contribution in [0.2, 0.25) is 0 Å². The molecule has 0 spiro atoms. The Hall–Kier alpha value is 0.309. The van der Waals surface area contributed by atoms with Crippen LogP contribution in [0.3, 0.4) is 0 Å². The first-order valence-corrected chi connectivity index (χ1v) is 0.651. The van der Waals surface area contributed by atoms with Gasteiger partial charge in [-0.1, -0.05) is 0 Å². The normalized spacial score (nSPS) is 4.00. The molecule has 0 saturated carbocycles. The molecule has 0 heterocycles. The average Bonchev–Trinajstić information content (AvgIpc) is 0.811. The van der Waals surface area contributed by atoms with Crippen molar-refractivity contribution in [3.63, 3.8) is 0 Å². The van der Waals surface area contributed by atoms with Crippen molar-refractivity contribution in [2.75, 3.05) is 0 Å². The van der Waals surface area contributed by atoms with Gasteiger partial charge in [-0.25, -0.2) is 4.79 Å². The summed E-state index contributed by atoms with van der Waals surface area (Å²) in [4.78, 5) is 8.56. The standard InChI is InChI=1S/CH2O3.2Fe/c2-1(3)4;;/h(H2,2,3,4);;. The van der Waals surface area contributed by atoms with Gasteiger partial charge in [0.15, 0.2) is 0 Å². The molecule has 0 aromatic heterocycles. The number of hydrogen-bond acceptors (Lipinski definition) is 1. The summed E-state index contributed by atoms with van der Waals surface area (Å²) in [5, 5.41) is 13.9. The van der Waals surface area contributed by atoms with Crippen LogP contribution in [0.4, 0.5) is 4.79 Å². The predicted octanol–water partition coefficient (Wildman–Crippen LogP) is 0.217. The van der Waals surface area contributed by atoms with Gasteiger partial charge in [-0.3, -0.25) is 0 Å². The summed E-state index contributed by atoms with van der Waals surface area (Å²) in [5.41, 5.74) is 0. The van der Waals surface area contributed by atoms with Gasteiger partial charge in [0, 0.05) is 34.1 Å². The summed E-state index contributed by atoms with van der Waals surface area (Å²) in [6.07, 6.45) is -1.83. The molecule has 0 amide bonds. The number of hydrogen-bond donors (Lipinski definition) is 2. The molecule has 2 N–H and O–H groups in total. The van der Waals surface area contributed by atoms with E-state index >= 15 is 0 Å². The zero-order valence-electron chi connectivity index (χ0n) is 2.51. The first kappa shape index (κ1) is 16.2. The van der Waals surface area contributed by atoms with Crippen LogP contribution in [0.25, 0.3) is 0 Å². The van der Waals surface area contributed by atoms with Gasteiger partial charge in [0.25, 0.3) is 0 Å². The molecule has 0 aromatic rings. The van der Waals surface area contributed by atoms with Gasteiger partial charge in [-0.15, -0.1) is 0 Å². The summed E-state index contributed by atoms with van der Waals surface area (Å²) in [6.45, 7) is 0. The van der Waals surface area contributed by atoms with Crippen molar-refractivity contribution in [1.29, 1.82) is 0 Å². The SMILES string of the molecule is O=C(O)O.[Fe].[Fe]. The van der Waals surface area contributed by atoms with Crippen LogP contribution in [-0.4, -0.2) is 16.4 Å². The Bertz CT molecular complexity index is 31.8. The fourth-order valence-corrected chi connectivity index (χ4v) is 0. The molecule has 6 heavy (non-hydrogen) atoms. The maximum absolute atomic E-state index is 8.56. The molecule has 0 bridgehead atoms. The molecule has 0 saturated heterocycles. The van der Waals surface area contributed by atoms with Crippen molar-refractivity contribution >= 4 is 6.16 Å². The molecule has 3 nitrogen and oxygen atoms in total. The van der Waals surface area contributed by atoms with E-state index in [1.807, 2.05) is 0 Å². The zero-order valence-corrected chi connectivity index (χ0v) is 4.72. The van der Waals surface area contributed by atoms with Crippen LogP contribution >= 0.6 is 0 Å². The zero-order chi connectivity index (χ0) is 3.58. The van der Waals surface area contributed by atoms with Crippen LogP contribution in [-0.2, 0) is 34.1 Å². The Morgan fingerprint density at radius 1 is 1.17 bits per heavy atom. The van der Waals surface area contributed by atoms with E-state index in [0.29, 0.717) is 0 Å². The summed E-state index contributed by atoms with van der Waals surface area (Å²) < 4.78 is 0. The molecule has 5 heteroatoms. The van der Waals surface area contributed by atoms with Gasteiger partial charge in [-0.2, -0.15) is 0 Å². The van der Waals surface area contributed by atoms with Crippen LogP contribution < -0.4 is 0 Å². The number of carboxylic acid groups (broad SMARTS) is 2. The van der Waals surface area contributed by atoms with Gasteiger partial charge in [0.1, 0.15) is 0 Å². The largest absolute Gasteiger partial charge is 0.503 e. The number of carbonyl (C=O) groups is 1.